The molecule has 0 saturated heterocycles. The average molecular weight is 404 g/mol. The van der Waals surface area contributed by atoms with Crippen LogP contribution in [0.5, 0.6) is 0 Å². The van der Waals surface area contributed by atoms with Crippen LogP contribution in [0.3, 0.4) is 0 Å². The number of benzene rings is 1. The number of aromatic nitrogens is 5. The molecule has 0 saturated carbocycles. The summed E-state index contributed by atoms with van der Waals surface area (Å²) in [6.45, 7) is 10.3. The van der Waals surface area contributed by atoms with E-state index in [9.17, 15) is 4.39 Å². The van der Waals surface area contributed by atoms with Crippen LogP contribution < -0.4 is 0 Å². The third-order valence-electron chi connectivity index (χ3n) is 5.07. The fourth-order valence-corrected chi connectivity index (χ4v) is 3.46. The highest BCUT2D eigenvalue weighted by atomic mass is 19.1. The van der Waals surface area contributed by atoms with Crippen molar-refractivity contribution in [3.8, 4) is 28.2 Å². The Labute approximate surface area is 176 Å². The van der Waals surface area contributed by atoms with Gasteiger partial charge in [0.1, 0.15) is 17.3 Å². The van der Waals surface area contributed by atoms with E-state index < -0.39 is 0 Å². The molecule has 30 heavy (non-hydrogen) atoms. The van der Waals surface area contributed by atoms with E-state index in [4.69, 9.17) is 4.98 Å². The molecule has 0 unspecified atom stereocenters. The van der Waals surface area contributed by atoms with Crippen molar-refractivity contribution in [3.05, 3.63) is 72.3 Å². The molecular weight excluding hydrogens is 377 g/mol. The highest BCUT2D eigenvalue weighted by Gasteiger charge is 2.17. The predicted molar refractivity (Wildman–Crippen MR) is 117 cm³/mol. The first-order valence-electron chi connectivity index (χ1n) is 10.2. The molecule has 0 amide bonds. The van der Waals surface area contributed by atoms with Crippen molar-refractivity contribution < 1.29 is 4.39 Å². The lowest BCUT2D eigenvalue weighted by Crippen LogP contribution is -2.03. The lowest BCUT2D eigenvalue weighted by atomic mass is 10.1. The summed E-state index contributed by atoms with van der Waals surface area (Å²) in [7, 11) is 0. The maximum atomic E-state index is 14.7. The molecule has 3 aromatic heterocycles. The smallest absolute Gasteiger partial charge is 0.131 e. The van der Waals surface area contributed by atoms with E-state index >= 15 is 0 Å². The van der Waals surface area contributed by atoms with E-state index in [-0.39, 0.29) is 17.8 Å². The van der Waals surface area contributed by atoms with Gasteiger partial charge in [0.25, 0.3) is 0 Å². The summed E-state index contributed by atoms with van der Waals surface area (Å²) in [5, 5.41) is 4.36. The minimum Gasteiger partial charge on any atom is -0.303 e. The van der Waals surface area contributed by atoms with Crippen molar-refractivity contribution >= 4 is 0 Å². The predicted octanol–water partition coefficient (Wildman–Crippen LogP) is 5.95. The van der Waals surface area contributed by atoms with E-state index in [1.807, 2.05) is 66.7 Å². The summed E-state index contributed by atoms with van der Waals surface area (Å²) in [6, 6.07) is 11.3. The molecular formula is C24H26FN5. The van der Waals surface area contributed by atoms with E-state index in [1.165, 1.54) is 6.07 Å². The molecule has 6 heteroatoms. The van der Waals surface area contributed by atoms with E-state index in [2.05, 4.69) is 23.9 Å². The Balaban J connectivity index is 1.82. The largest absolute Gasteiger partial charge is 0.303 e. The molecule has 0 aliphatic carbocycles. The van der Waals surface area contributed by atoms with Gasteiger partial charge in [0.2, 0.25) is 0 Å². The third kappa shape index (κ3) is 3.77. The molecule has 0 fully saturated rings. The lowest BCUT2D eigenvalue weighted by Gasteiger charge is -2.12. The maximum absolute atomic E-state index is 14.7. The van der Waals surface area contributed by atoms with Crippen molar-refractivity contribution in [1.29, 1.82) is 0 Å². The second kappa shape index (κ2) is 7.86. The first-order valence-corrected chi connectivity index (χ1v) is 10.2. The molecule has 0 spiro atoms. The van der Waals surface area contributed by atoms with Crippen molar-refractivity contribution in [3.63, 3.8) is 0 Å². The van der Waals surface area contributed by atoms with Crippen molar-refractivity contribution in [1.82, 2.24) is 24.3 Å². The quantitative estimate of drug-likeness (QED) is 0.414. The number of aryl methyl sites for hydroxylation is 1. The average Bonchev–Trinajstić information content (AvgIpc) is 3.36. The zero-order valence-electron chi connectivity index (χ0n) is 18.0. The first kappa shape index (κ1) is 20.0. The zero-order valence-corrected chi connectivity index (χ0v) is 18.0. The number of nitrogens with zero attached hydrogens (tertiary/aromatic N) is 5. The summed E-state index contributed by atoms with van der Waals surface area (Å²) < 4.78 is 18.5. The monoisotopic (exact) mass is 403 g/mol. The Morgan fingerprint density at radius 1 is 0.933 bits per heavy atom. The maximum Gasteiger partial charge on any atom is 0.131 e. The molecule has 0 aliphatic rings. The Hall–Kier alpha value is -3.28. The van der Waals surface area contributed by atoms with Crippen LogP contribution in [0, 0.1) is 12.7 Å². The number of imidazole rings is 1. The van der Waals surface area contributed by atoms with Gasteiger partial charge in [-0.05, 0) is 51.1 Å². The van der Waals surface area contributed by atoms with Gasteiger partial charge in [-0.1, -0.05) is 19.9 Å². The van der Waals surface area contributed by atoms with Crippen molar-refractivity contribution in [2.75, 3.05) is 0 Å². The van der Waals surface area contributed by atoms with Gasteiger partial charge in [-0.15, -0.1) is 0 Å². The van der Waals surface area contributed by atoms with Crippen LogP contribution in [0.25, 0.3) is 28.2 Å². The summed E-state index contributed by atoms with van der Waals surface area (Å²) in [5.41, 5.74) is 4.73. The second-order valence-electron chi connectivity index (χ2n) is 8.14. The lowest BCUT2D eigenvalue weighted by molar-refractivity contribution is 0.532. The van der Waals surface area contributed by atoms with Gasteiger partial charge in [0.15, 0.2) is 0 Å². The molecule has 0 aliphatic heterocycles. The Morgan fingerprint density at radius 3 is 2.40 bits per heavy atom. The molecule has 0 radical (unpaired) electrons. The number of halogens is 1. The Morgan fingerprint density at radius 2 is 1.73 bits per heavy atom. The fourth-order valence-electron chi connectivity index (χ4n) is 3.46. The molecule has 3 heterocycles. The topological polar surface area (TPSA) is 48.5 Å². The molecule has 4 rings (SSSR count). The van der Waals surface area contributed by atoms with Crippen LogP contribution in [0.2, 0.25) is 0 Å². The zero-order chi connectivity index (χ0) is 21.4. The van der Waals surface area contributed by atoms with Gasteiger partial charge in [0.05, 0.1) is 11.9 Å². The molecule has 5 nitrogen and oxygen atoms in total. The molecule has 4 aromatic rings. The van der Waals surface area contributed by atoms with Gasteiger partial charge >= 0.3 is 0 Å². The summed E-state index contributed by atoms with van der Waals surface area (Å²) in [5.74, 6) is 0.832. The first-order chi connectivity index (χ1) is 14.3. The fraction of sp³-hybridized carbons (Fsp3) is 0.292. The Bertz CT molecular complexity index is 1190. The summed E-state index contributed by atoms with van der Waals surface area (Å²) in [4.78, 5) is 9.44. The summed E-state index contributed by atoms with van der Waals surface area (Å²) >= 11 is 0. The number of hydrogen-bond acceptors (Lipinski definition) is 3. The normalized spacial score (nSPS) is 11.6. The van der Waals surface area contributed by atoms with Crippen LogP contribution >= 0.6 is 0 Å². The van der Waals surface area contributed by atoms with Crippen molar-refractivity contribution in [2.24, 2.45) is 0 Å². The number of rotatable bonds is 5. The minimum atomic E-state index is -0.270. The SMILES string of the molecule is Cc1cccc(-c2cn(-c3ccc(F)c(-c4cnn(C(C)C)c4)c3)c(C(C)C)n2)n1. The molecule has 0 N–H and O–H groups in total. The van der Waals surface area contributed by atoms with Crippen LogP contribution in [0.4, 0.5) is 4.39 Å². The van der Waals surface area contributed by atoms with Gasteiger partial charge < -0.3 is 4.57 Å². The minimum absolute atomic E-state index is 0.195. The number of hydrogen-bond donors (Lipinski definition) is 0. The number of pyridine rings is 1. The highest BCUT2D eigenvalue weighted by Crippen LogP contribution is 2.29. The van der Waals surface area contributed by atoms with Gasteiger partial charge in [-0.25, -0.2) is 9.37 Å². The Kier molecular flexibility index (Phi) is 5.24. The van der Waals surface area contributed by atoms with Gasteiger partial charge in [-0.2, -0.15) is 5.10 Å². The van der Waals surface area contributed by atoms with E-state index in [1.54, 1.807) is 12.3 Å². The van der Waals surface area contributed by atoms with Gasteiger partial charge in [0, 0.05) is 46.9 Å². The molecule has 0 bridgehead atoms. The van der Waals surface area contributed by atoms with E-state index in [0.717, 1.165) is 34.2 Å². The molecule has 154 valence electrons. The van der Waals surface area contributed by atoms with Gasteiger partial charge in [-0.3, -0.25) is 9.67 Å². The van der Waals surface area contributed by atoms with Crippen LogP contribution in [-0.4, -0.2) is 24.3 Å². The van der Waals surface area contributed by atoms with Crippen LogP contribution in [0.15, 0.2) is 55.0 Å². The molecule has 1 aromatic carbocycles. The standard InChI is InChI=1S/C24H26FN5/c1-15(2)24-28-23(22-8-6-7-17(5)27-22)14-29(24)19-9-10-21(25)20(11-19)18-12-26-30(13-18)16(3)4/h6-16H,1-5H3. The van der Waals surface area contributed by atoms with Crippen LogP contribution in [0.1, 0.15) is 51.2 Å². The summed E-state index contributed by atoms with van der Waals surface area (Å²) in [6.07, 6.45) is 5.57. The van der Waals surface area contributed by atoms with Crippen molar-refractivity contribution in [2.45, 2.75) is 46.6 Å². The highest BCUT2D eigenvalue weighted by molar-refractivity contribution is 5.66. The molecule has 0 atom stereocenters. The third-order valence-corrected chi connectivity index (χ3v) is 5.07. The second-order valence-corrected chi connectivity index (χ2v) is 8.14. The van der Waals surface area contributed by atoms with E-state index in [0.29, 0.717) is 5.56 Å². The van der Waals surface area contributed by atoms with Crippen LogP contribution in [-0.2, 0) is 0 Å².